The SMILES string of the molecule is CC(C)C1(O)C(=O)C2C3C4C1C1C(C(=O)[C@]4(O)C(C)C)C3(C)C21C. The highest BCUT2D eigenvalue weighted by Crippen LogP contribution is 2.94. The Morgan fingerprint density at radius 3 is 1.25 bits per heavy atom. The number of fused-ring (bicyclic) bond motifs is 2. The molecule has 8 bridgehead atoms. The van der Waals surface area contributed by atoms with Gasteiger partial charge >= 0.3 is 0 Å². The zero-order valence-electron chi connectivity index (χ0n) is 15.3. The second-order valence-corrected chi connectivity index (χ2v) is 10.3. The van der Waals surface area contributed by atoms with Gasteiger partial charge in [0.1, 0.15) is 11.2 Å². The maximum absolute atomic E-state index is 13.2. The number of Topliss-reactive ketones (excluding diaryl/α,β-unsaturated/α-hetero) is 2. The topological polar surface area (TPSA) is 74.6 Å². The van der Waals surface area contributed by atoms with Crippen LogP contribution in [-0.2, 0) is 9.59 Å². The summed E-state index contributed by atoms with van der Waals surface area (Å²) >= 11 is 0. The molecule has 0 heterocycles. The van der Waals surface area contributed by atoms with Gasteiger partial charge < -0.3 is 10.2 Å². The standard InChI is InChI=1S/C20H28O4/c1-7(2)19(23)11-9-14-16(22)20(24,8(3)4)12(11)10-13(15(19)21)17(9,5)18(10,14)6/h7-14,23-24H,1-6H3/t9?,10?,11?,12?,13?,14?,17?,18?,19-,20?/m0/s1. The molecule has 8 aliphatic carbocycles. The van der Waals surface area contributed by atoms with Gasteiger partial charge in [-0.3, -0.25) is 9.59 Å². The van der Waals surface area contributed by atoms with E-state index in [0.29, 0.717) is 0 Å². The van der Waals surface area contributed by atoms with Gasteiger partial charge in [-0.25, -0.2) is 0 Å². The fraction of sp³-hybridized carbons (Fsp3) is 0.900. The molecule has 8 aliphatic rings. The second-order valence-electron chi connectivity index (χ2n) is 10.3. The molecule has 0 aliphatic heterocycles. The molecule has 0 aromatic rings. The van der Waals surface area contributed by atoms with Crippen LogP contribution in [0.25, 0.3) is 0 Å². The lowest BCUT2D eigenvalue weighted by Gasteiger charge is -2.95. The maximum atomic E-state index is 13.2. The van der Waals surface area contributed by atoms with E-state index in [1.54, 1.807) is 0 Å². The van der Waals surface area contributed by atoms with Gasteiger partial charge in [-0.05, 0) is 34.5 Å². The van der Waals surface area contributed by atoms with Crippen molar-refractivity contribution in [2.75, 3.05) is 0 Å². The first-order chi connectivity index (χ1) is 10.9. The van der Waals surface area contributed by atoms with Gasteiger partial charge in [0.05, 0.1) is 0 Å². The van der Waals surface area contributed by atoms with Crippen LogP contribution in [0, 0.1) is 58.2 Å². The van der Waals surface area contributed by atoms with Crippen molar-refractivity contribution in [2.45, 2.75) is 52.7 Å². The van der Waals surface area contributed by atoms with Crippen molar-refractivity contribution in [3.63, 3.8) is 0 Å². The van der Waals surface area contributed by atoms with Gasteiger partial charge in [-0.1, -0.05) is 41.5 Å². The highest BCUT2D eigenvalue weighted by atomic mass is 16.3. The Balaban J connectivity index is 1.78. The first-order valence-electron chi connectivity index (χ1n) is 9.47. The molecule has 8 rings (SSSR count). The molecular formula is C20H28O4. The van der Waals surface area contributed by atoms with Crippen LogP contribution in [0.2, 0.25) is 0 Å². The molecule has 10 atom stereocenters. The molecule has 4 nitrogen and oxygen atoms in total. The van der Waals surface area contributed by atoms with Gasteiger partial charge in [0.15, 0.2) is 11.6 Å². The van der Waals surface area contributed by atoms with Gasteiger partial charge in [0.25, 0.3) is 0 Å². The quantitative estimate of drug-likeness (QED) is 0.807. The molecule has 8 saturated carbocycles. The van der Waals surface area contributed by atoms with E-state index in [4.69, 9.17) is 0 Å². The van der Waals surface area contributed by atoms with E-state index >= 15 is 0 Å². The highest BCUT2D eigenvalue weighted by Gasteiger charge is 2.99. The van der Waals surface area contributed by atoms with E-state index in [2.05, 4.69) is 13.8 Å². The van der Waals surface area contributed by atoms with Crippen LogP contribution in [0.3, 0.4) is 0 Å². The molecule has 0 saturated heterocycles. The Bertz CT molecular complexity index is 652. The average Bonchev–Trinajstić information content (AvgIpc) is 2.50. The summed E-state index contributed by atoms with van der Waals surface area (Å²) in [5.41, 5.74) is -3.09. The molecular weight excluding hydrogens is 304 g/mol. The van der Waals surface area contributed by atoms with Crippen molar-refractivity contribution in [1.29, 1.82) is 0 Å². The van der Waals surface area contributed by atoms with Crippen LogP contribution in [0.1, 0.15) is 41.5 Å². The third-order valence-electron chi connectivity index (χ3n) is 9.85. The molecule has 0 spiro atoms. The van der Waals surface area contributed by atoms with E-state index in [9.17, 15) is 19.8 Å². The zero-order chi connectivity index (χ0) is 17.8. The number of rotatable bonds is 2. The van der Waals surface area contributed by atoms with Gasteiger partial charge in [0.2, 0.25) is 0 Å². The van der Waals surface area contributed by atoms with Crippen molar-refractivity contribution in [3.8, 4) is 0 Å². The highest BCUT2D eigenvalue weighted by molar-refractivity contribution is 6.03. The minimum Gasteiger partial charge on any atom is -0.381 e. The van der Waals surface area contributed by atoms with Crippen LogP contribution in [0.5, 0.6) is 0 Å². The van der Waals surface area contributed by atoms with Gasteiger partial charge in [0, 0.05) is 23.7 Å². The van der Waals surface area contributed by atoms with Crippen LogP contribution in [0.4, 0.5) is 0 Å². The molecule has 9 unspecified atom stereocenters. The second kappa shape index (κ2) is 3.55. The molecule has 2 N–H and O–H groups in total. The lowest BCUT2D eigenvalue weighted by atomic mass is 9.07. The number of hydrogen-bond acceptors (Lipinski definition) is 4. The van der Waals surface area contributed by atoms with Crippen molar-refractivity contribution in [2.24, 2.45) is 58.2 Å². The van der Waals surface area contributed by atoms with Gasteiger partial charge in [-0.2, -0.15) is 0 Å². The van der Waals surface area contributed by atoms with Gasteiger partial charge in [-0.15, -0.1) is 0 Å². The van der Waals surface area contributed by atoms with E-state index in [-0.39, 0.29) is 69.7 Å². The molecule has 132 valence electrons. The lowest BCUT2D eigenvalue weighted by Crippen LogP contribution is -3.00. The van der Waals surface area contributed by atoms with E-state index in [1.807, 2.05) is 27.7 Å². The average molecular weight is 332 g/mol. The summed E-state index contributed by atoms with van der Waals surface area (Å²) in [7, 11) is 0. The first-order valence-corrected chi connectivity index (χ1v) is 9.47. The van der Waals surface area contributed by atoms with E-state index < -0.39 is 11.2 Å². The molecule has 4 heteroatoms. The predicted molar refractivity (Wildman–Crippen MR) is 86.7 cm³/mol. The minimum atomic E-state index is -1.39. The van der Waals surface area contributed by atoms with Crippen molar-refractivity contribution < 1.29 is 19.8 Å². The Morgan fingerprint density at radius 2 is 1.00 bits per heavy atom. The summed E-state index contributed by atoms with van der Waals surface area (Å²) < 4.78 is 0. The van der Waals surface area contributed by atoms with E-state index in [0.717, 1.165) is 0 Å². The summed E-state index contributed by atoms with van der Waals surface area (Å²) in [6.07, 6.45) is 0. The third kappa shape index (κ3) is 0.942. The zero-order valence-corrected chi connectivity index (χ0v) is 15.3. The summed E-state index contributed by atoms with van der Waals surface area (Å²) in [5, 5.41) is 23.0. The summed E-state index contributed by atoms with van der Waals surface area (Å²) in [6, 6.07) is 0. The number of hydrogen-bond donors (Lipinski definition) is 2. The summed E-state index contributed by atoms with van der Waals surface area (Å²) in [4.78, 5) is 26.5. The maximum Gasteiger partial charge on any atom is 0.168 e. The molecule has 24 heavy (non-hydrogen) atoms. The van der Waals surface area contributed by atoms with Crippen LogP contribution < -0.4 is 0 Å². The van der Waals surface area contributed by atoms with Crippen molar-refractivity contribution >= 4 is 11.6 Å². The summed E-state index contributed by atoms with van der Waals surface area (Å²) in [5.74, 6) is -1.24. The minimum absolute atomic E-state index is 0.0149. The fourth-order valence-electron chi connectivity index (χ4n) is 8.79. The Kier molecular flexibility index (Phi) is 2.29. The van der Waals surface area contributed by atoms with Crippen LogP contribution in [0.15, 0.2) is 0 Å². The monoisotopic (exact) mass is 332 g/mol. The molecule has 8 fully saturated rings. The van der Waals surface area contributed by atoms with Crippen molar-refractivity contribution in [1.82, 2.24) is 0 Å². The first kappa shape index (κ1) is 15.5. The number of ketones is 2. The third-order valence-corrected chi connectivity index (χ3v) is 9.85. The Labute approximate surface area is 143 Å². The Morgan fingerprint density at radius 1 is 0.708 bits per heavy atom. The molecule has 0 radical (unpaired) electrons. The largest absolute Gasteiger partial charge is 0.381 e. The number of aliphatic hydroxyl groups is 2. The smallest absolute Gasteiger partial charge is 0.168 e. The Hall–Kier alpha value is -0.740. The van der Waals surface area contributed by atoms with Crippen LogP contribution in [-0.4, -0.2) is 33.0 Å². The molecule has 0 amide bonds. The molecule has 0 aromatic carbocycles. The van der Waals surface area contributed by atoms with Crippen molar-refractivity contribution in [3.05, 3.63) is 0 Å². The number of carbonyl (C=O) groups excluding carboxylic acids is 2. The van der Waals surface area contributed by atoms with Crippen LogP contribution >= 0.6 is 0 Å². The summed E-state index contributed by atoms with van der Waals surface area (Å²) in [6.45, 7) is 11.9. The predicted octanol–water partition coefficient (Wildman–Crippen LogP) is 1.68. The van der Waals surface area contributed by atoms with E-state index in [1.165, 1.54) is 0 Å². The molecule has 0 aromatic heterocycles. The fourth-order valence-corrected chi connectivity index (χ4v) is 8.79. The number of carbonyl (C=O) groups is 2. The lowest BCUT2D eigenvalue weighted by molar-refractivity contribution is -0.467. The normalized spacial score (nSPS) is 65.4.